The summed E-state index contributed by atoms with van der Waals surface area (Å²) in [4.78, 5) is 26.3. The van der Waals surface area contributed by atoms with Crippen molar-refractivity contribution in [1.29, 1.82) is 0 Å². The fourth-order valence-electron chi connectivity index (χ4n) is 0.945. The molecule has 1 unspecified atom stereocenters. The molecule has 16 heavy (non-hydrogen) atoms. The lowest BCUT2D eigenvalue weighted by Crippen LogP contribution is -2.38. The Labute approximate surface area is 92.7 Å². The molecule has 0 fully saturated rings. The number of aliphatic hydroxyl groups excluding tert-OH is 1. The third-order valence-corrected chi connectivity index (χ3v) is 1.68. The highest BCUT2D eigenvalue weighted by molar-refractivity contribution is 6.39. The van der Waals surface area contributed by atoms with Crippen LogP contribution in [0.5, 0.6) is 0 Å². The van der Waals surface area contributed by atoms with Gasteiger partial charge in [0.2, 0.25) is 0 Å². The smallest absolute Gasteiger partial charge is 0.313 e. The number of hydrogen-bond acceptors (Lipinski definition) is 4. The van der Waals surface area contributed by atoms with E-state index >= 15 is 0 Å². The average Bonchev–Trinajstić information content (AvgIpc) is 2.27. The lowest BCUT2D eigenvalue weighted by Gasteiger charge is -2.07. The van der Waals surface area contributed by atoms with Gasteiger partial charge in [0.1, 0.15) is 0 Å². The predicted molar refractivity (Wildman–Crippen MR) is 57.6 cm³/mol. The third kappa shape index (κ3) is 4.05. The zero-order valence-electron chi connectivity index (χ0n) is 8.80. The summed E-state index contributed by atoms with van der Waals surface area (Å²) in [5.41, 5.74) is 0.444. The summed E-state index contributed by atoms with van der Waals surface area (Å²) in [5.74, 6) is -1.57. The number of nitrogens with zero attached hydrogens (tertiary/aromatic N) is 1. The summed E-state index contributed by atoms with van der Waals surface area (Å²) in [7, 11) is 0. The first-order valence-electron chi connectivity index (χ1n) is 4.77. The molecule has 3 N–H and O–H groups in total. The van der Waals surface area contributed by atoms with Gasteiger partial charge in [0.15, 0.2) is 0 Å². The number of pyridine rings is 1. The van der Waals surface area contributed by atoms with Gasteiger partial charge in [-0.1, -0.05) is 0 Å². The molecule has 0 aliphatic heterocycles. The second kappa shape index (κ2) is 5.82. The second-order valence-corrected chi connectivity index (χ2v) is 3.25. The maximum atomic E-state index is 11.3. The Bertz CT molecular complexity index is 365. The molecule has 0 spiro atoms. The highest BCUT2D eigenvalue weighted by atomic mass is 16.3. The van der Waals surface area contributed by atoms with Crippen LogP contribution in [0.2, 0.25) is 0 Å². The van der Waals surface area contributed by atoms with E-state index in [0.29, 0.717) is 5.69 Å². The molecular formula is C10H13N3O3. The molecule has 0 saturated carbocycles. The molecule has 2 amide bonds. The maximum absolute atomic E-state index is 11.3. The summed E-state index contributed by atoms with van der Waals surface area (Å²) in [6, 6.07) is 3.26. The molecule has 0 aliphatic rings. The molecule has 0 aliphatic carbocycles. The number of hydrogen-bond donors (Lipinski definition) is 3. The van der Waals surface area contributed by atoms with Crippen LogP contribution in [0.15, 0.2) is 24.5 Å². The van der Waals surface area contributed by atoms with Crippen LogP contribution < -0.4 is 10.6 Å². The Balaban J connectivity index is 2.44. The van der Waals surface area contributed by atoms with E-state index in [1.807, 2.05) is 0 Å². The van der Waals surface area contributed by atoms with Crippen molar-refractivity contribution in [1.82, 2.24) is 10.3 Å². The molecule has 1 atom stereocenters. The number of aromatic nitrogens is 1. The number of carbonyl (C=O) groups is 2. The highest BCUT2D eigenvalue weighted by Crippen LogP contribution is 2.01. The fourth-order valence-corrected chi connectivity index (χ4v) is 0.945. The van der Waals surface area contributed by atoms with Crippen LogP contribution in [0.1, 0.15) is 6.92 Å². The molecule has 1 aromatic heterocycles. The largest absolute Gasteiger partial charge is 0.392 e. The zero-order valence-corrected chi connectivity index (χ0v) is 8.80. The molecule has 0 aromatic carbocycles. The fraction of sp³-hybridized carbons (Fsp3) is 0.300. The van der Waals surface area contributed by atoms with Crippen molar-refractivity contribution >= 4 is 17.5 Å². The van der Waals surface area contributed by atoms with Crippen LogP contribution in [-0.4, -0.2) is 34.6 Å². The molecular weight excluding hydrogens is 210 g/mol. The molecule has 6 heteroatoms. The number of rotatable bonds is 3. The summed E-state index contributed by atoms with van der Waals surface area (Å²) in [6.07, 6.45) is 2.30. The lowest BCUT2D eigenvalue weighted by molar-refractivity contribution is -0.136. The van der Waals surface area contributed by atoms with E-state index in [4.69, 9.17) is 5.11 Å². The molecule has 6 nitrogen and oxygen atoms in total. The number of aliphatic hydroxyl groups is 1. The van der Waals surface area contributed by atoms with E-state index in [-0.39, 0.29) is 6.54 Å². The van der Waals surface area contributed by atoms with Crippen LogP contribution in [0, 0.1) is 0 Å². The van der Waals surface area contributed by atoms with Crippen LogP contribution in [-0.2, 0) is 9.59 Å². The van der Waals surface area contributed by atoms with Crippen molar-refractivity contribution in [3.8, 4) is 0 Å². The number of nitrogens with one attached hydrogen (secondary N) is 2. The van der Waals surface area contributed by atoms with Crippen molar-refractivity contribution in [3.05, 3.63) is 24.5 Å². The Morgan fingerprint density at radius 3 is 2.81 bits per heavy atom. The van der Waals surface area contributed by atoms with Crippen LogP contribution in [0.25, 0.3) is 0 Å². The first-order valence-corrected chi connectivity index (χ1v) is 4.77. The van der Waals surface area contributed by atoms with Crippen molar-refractivity contribution < 1.29 is 14.7 Å². The summed E-state index contributed by atoms with van der Waals surface area (Å²) in [6.45, 7) is 1.55. The summed E-state index contributed by atoms with van der Waals surface area (Å²) in [5, 5.41) is 13.6. The van der Waals surface area contributed by atoms with Gasteiger partial charge in [-0.25, -0.2) is 0 Å². The van der Waals surface area contributed by atoms with E-state index in [0.717, 1.165) is 0 Å². The molecule has 1 heterocycles. The molecule has 86 valence electrons. The number of carbonyl (C=O) groups excluding carboxylic acids is 2. The molecule has 0 bridgehead atoms. The molecule has 0 saturated heterocycles. The van der Waals surface area contributed by atoms with Gasteiger partial charge < -0.3 is 15.7 Å². The number of anilines is 1. The molecule has 1 rings (SSSR count). The van der Waals surface area contributed by atoms with Crippen LogP contribution in [0.4, 0.5) is 5.69 Å². The average molecular weight is 223 g/mol. The minimum Gasteiger partial charge on any atom is -0.392 e. The SMILES string of the molecule is CC(O)CNC(=O)C(=O)Nc1cccnc1. The Morgan fingerprint density at radius 2 is 2.25 bits per heavy atom. The number of amides is 2. The minimum atomic E-state index is -0.787. The topological polar surface area (TPSA) is 91.3 Å². The Hall–Kier alpha value is -1.95. The Kier molecular flexibility index (Phi) is 4.41. The van der Waals surface area contributed by atoms with E-state index < -0.39 is 17.9 Å². The third-order valence-electron chi connectivity index (χ3n) is 1.68. The van der Waals surface area contributed by atoms with E-state index in [9.17, 15) is 9.59 Å². The summed E-state index contributed by atoms with van der Waals surface area (Å²) >= 11 is 0. The first-order chi connectivity index (χ1) is 7.59. The zero-order chi connectivity index (χ0) is 12.0. The highest BCUT2D eigenvalue weighted by Gasteiger charge is 2.13. The van der Waals surface area contributed by atoms with Crippen LogP contribution >= 0.6 is 0 Å². The van der Waals surface area contributed by atoms with Gasteiger partial charge in [0, 0.05) is 12.7 Å². The lowest BCUT2D eigenvalue weighted by atomic mass is 10.4. The molecule has 0 radical (unpaired) electrons. The van der Waals surface area contributed by atoms with E-state index in [1.54, 1.807) is 18.3 Å². The van der Waals surface area contributed by atoms with Gasteiger partial charge in [-0.05, 0) is 19.1 Å². The van der Waals surface area contributed by atoms with Crippen molar-refractivity contribution in [2.75, 3.05) is 11.9 Å². The monoisotopic (exact) mass is 223 g/mol. The maximum Gasteiger partial charge on any atom is 0.313 e. The van der Waals surface area contributed by atoms with Crippen LogP contribution in [0.3, 0.4) is 0 Å². The van der Waals surface area contributed by atoms with E-state index in [1.165, 1.54) is 13.1 Å². The van der Waals surface area contributed by atoms with Gasteiger partial charge in [-0.3, -0.25) is 14.6 Å². The molecule has 1 aromatic rings. The standard InChI is InChI=1S/C10H13N3O3/c1-7(14)5-12-9(15)10(16)13-8-3-2-4-11-6-8/h2-4,6-7,14H,5H2,1H3,(H,12,15)(H,13,16). The van der Waals surface area contributed by atoms with Crippen molar-refractivity contribution in [3.63, 3.8) is 0 Å². The van der Waals surface area contributed by atoms with E-state index in [2.05, 4.69) is 15.6 Å². The van der Waals surface area contributed by atoms with Gasteiger partial charge in [-0.15, -0.1) is 0 Å². The first kappa shape index (κ1) is 12.1. The van der Waals surface area contributed by atoms with Gasteiger partial charge in [-0.2, -0.15) is 0 Å². The van der Waals surface area contributed by atoms with Crippen molar-refractivity contribution in [2.24, 2.45) is 0 Å². The minimum absolute atomic E-state index is 0.0410. The second-order valence-electron chi connectivity index (χ2n) is 3.25. The normalized spacial score (nSPS) is 11.6. The van der Waals surface area contributed by atoms with Gasteiger partial charge >= 0.3 is 11.8 Å². The summed E-state index contributed by atoms with van der Waals surface area (Å²) < 4.78 is 0. The predicted octanol–water partition coefficient (Wildman–Crippen LogP) is -0.483. The Morgan fingerprint density at radius 1 is 1.50 bits per heavy atom. The van der Waals surface area contributed by atoms with Gasteiger partial charge in [0.25, 0.3) is 0 Å². The quantitative estimate of drug-likeness (QED) is 0.603. The van der Waals surface area contributed by atoms with Crippen molar-refractivity contribution in [2.45, 2.75) is 13.0 Å². The van der Waals surface area contributed by atoms with Gasteiger partial charge in [0.05, 0.1) is 18.0 Å².